The van der Waals surface area contributed by atoms with E-state index >= 15 is 0 Å². The van der Waals surface area contributed by atoms with Gasteiger partial charge in [-0.15, -0.1) is 0 Å². The number of hydrogen-bond acceptors (Lipinski definition) is 3. The third kappa shape index (κ3) is 3.83. The zero-order chi connectivity index (χ0) is 17.8. The Balaban J connectivity index is 2.15. The minimum atomic E-state index is 0.490. The molecule has 3 nitrogen and oxygen atoms in total. The molecule has 0 aliphatic carbocycles. The molecule has 3 rings (SSSR count). The molecule has 1 heterocycles. The molecule has 130 valence electrons. The number of pyridine rings is 1. The van der Waals surface area contributed by atoms with Crippen LogP contribution in [0.15, 0.2) is 48.7 Å². The van der Waals surface area contributed by atoms with E-state index in [9.17, 15) is 0 Å². The molecule has 3 aromatic rings. The van der Waals surface area contributed by atoms with E-state index in [0.29, 0.717) is 12.5 Å². The summed E-state index contributed by atoms with van der Waals surface area (Å²) < 4.78 is 0. The smallest absolute Gasteiger partial charge is 0.133 e. The van der Waals surface area contributed by atoms with Crippen molar-refractivity contribution in [3.63, 3.8) is 0 Å². The van der Waals surface area contributed by atoms with Crippen molar-refractivity contribution in [1.29, 1.82) is 0 Å². The van der Waals surface area contributed by atoms with Gasteiger partial charge in [0.1, 0.15) is 5.82 Å². The van der Waals surface area contributed by atoms with Crippen LogP contribution < -0.4 is 11.1 Å². The number of aryl methyl sites for hydroxylation is 1. The van der Waals surface area contributed by atoms with Crippen LogP contribution in [0.5, 0.6) is 0 Å². The lowest BCUT2D eigenvalue weighted by molar-refractivity contribution is 0.866. The molecule has 3 heteroatoms. The minimum Gasteiger partial charge on any atom is -0.370 e. The largest absolute Gasteiger partial charge is 0.370 e. The second-order valence-corrected chi connectivity index (χ2v) is 6.92. The van der Waals surface area contributed by atoms with Gasteiger partial charge in [0.2, 0.25) is 0 Å². The van der Waals surface area contributed by atoms with Gasteiger partial charge in [-0.1, -0.05) is 55.8 Å². The number of nitrogens with one attached hydrogen (secondary N) is 1. The van der Waals surface area contributed by atoms with Crippen LogP contribution in [0.3, 0.4) is 0 Å². The normalized spacial score (nSPS) is 11.2. The van der Waals surface area contributed by atoms with Crippen molar-refractivity contribution in [2.24, 2.45) is 5.73 Å². The van der Waals surface area contributed by atoms with Gasteiger partial charge in [-0.05, 0) is 48.4 Å². The number of anilines is 1. The predicted molar refractivity (Wildman–Crippen MR) is 108 cm³/mol. The van der Waals surface area contributed by atoms with Crippen LogP contribution in [0, 0.1) is 6.92 Å². The zero-order valence-corrected chi connectivity index (χ0v) is 15.3. The van der Waals surface area contributed by atoms with Gasteiger partial charge in [-0.25, -0.2) is 4.98 Å². The number of hydrogen-bond donors (Lipinski definition) is 2. The molecule has 0 radical (unpaired) electrons. The Labute approximate surface area is 150 Å². The van der Waals surface area contributed by atoms with Gasteiger partial charge in [0, 0.05) is 23.7 Å². The fraction of sp³-hybridized carbons (Fsp3) is 0.318. The van der Waals surface area contributed by atoms with Gasteiger partial charge in [0.25, 0.3) is 0 Å². The highest BCUT2D eigenvalue weighted by molar-refractivity contribution is 6.02. The first-order valence-corrected chi connectivity index (χ1v) is 9.04. The van der Waals surface area contributed by atoms with Crippen molar-refractivity contribution in [1.82, 2.24) is 4.98 Å². The lowest BCUT2D eigenvalue weighted by atomic mass is 9.95. The van der Waals surface area contributed by atoms with E-state index in [0.717, 1.165) is 18.8 Å². The average Bonchev–Trinajstić information content (AvgIpc) is 2.61. The molecule has 0 aliphatic heterocycles. The van der Waals surface area contributed by atoms with Gasteiger partial charge in [-0.3, -0.25) is 0 Å². The molecule has 0 bridgehead atoms. The van der Waals surface area contributed by atoms with E-state index in [4.69, 9.17) is 10.7 Å². The maximum absolute atomic E-state index is 5.62. The first-order chi connectivity index (χ1) is 12.1. The summed E-state index contributed by atoms with van der Waals surface area (Å²) in [5.41, 5.74) is 10.6. The Morgan fingerprint density at radius 1 is 1.08 bits per heavy atom. The van der Waals surface area contributed by atoms with Gasteiger partial charge in [0.05, 0.1) is 0 Å². The highest BCUT2D eigenvalue weighted by Gasteiger charge is 2.11. The Kier molecular flexibility index (Phi) is 5.34. The van der Waals surface area contributed by atoms with E-state index in [1.165, 1.54) is 33.0 Å². The molecule has 0 saturated heterocycles. The Morgan fingerprint density at radius 3 is 2.64 bits per heavy atom. The van der Waals surface area contributed by atoms with Gasteiger partial charge < -0.3 is 11.1 Å². The molecule has 0 fully saturated rings. The maximum Gasteiger partial charge on any atom is 0.133 e. The van der Waals surface area contributed by atoms with Crippen LogP contribution in [0.2, 0.25) is 0 Å². The van der Waals surface area contributed by atoms with Crippen molar-refractivity contribution in [3.05, 3.63) is 59.8 Å². The highest BCUT2D eigenvalue weighted by atomic mass is 15.0. The summed E-state index contributed by atoms with van der Waals surface area (Å²) in [7, 11) is 0. The summed E-state index contributed by atoms with van der Waals surface area (Å²) in [6.07, 6.45) is 2.92. The van der Waals surface area contributed by atoms with Crippen LogP contribution in [0.4, 0.5) is 5.82 Å². The molecular formula is C22H27N3. The lowest BCUT2D eigenvalue weighted by Crippen LogP contribution is -2.09. The summed E-state index contributed by atoms with van der Waals surface area (Å²) >= 11 is 0. The minimum absolute atomic E-state index is 0.490. The van der Waals surface area contributed by atoms with Crippen molar-refractivity contribution in [2.75, 3.05) is 18.4 Å². The van der Waals surface area contributed by atoms with Crippen LogP contribution in [-0.4, -0.2) is 18.1 Å². The fourth-order valence-corrected chi connectivity index (χ4v) is 3.11. The second-order valence-electron chi connectivity index (χ2n) is 6.92. The summed E-state index contributed by atoms with van der Waals surface area (Å²) in [5, 5.41) is 5.87. The van der Waals surface area contributed by atoms with Crippen molar-refractivity contribution >= 4 is 16.6 Å². The number of nitrogens with zero attached hydrogens (tertiary/aromatic N) is 1. The third-order valence-electron chi connectivity index (χ3n) is 4.58. The highest BCUT2D eigenvalue weighted by Crippen LogP contribution is 2.34. The molecule has 0 amide bonds. The van der Waals surface area contributed by atoms with E-state index < -0.39 is 0 Å². The molecule has 3 N–H and O–H groups in total. The first kappa shape index (κ1) is 17.4. The molecule has 0 atom stereocenters. The number of benzene rings is 2. The van der Waals surface area contributed by atoms with Crippen LogP contribution in [0.1, 0.15) is 37.3 Å². The first-order valence-electron chi connectivity index (χ1n) is 9.04. The second kappa shape index (κ2) is 7.66. The fourth-order valence-electron chi connectivity index (χ4n) is 3.11. The van der Waals surface area contributed by atoms with Crippen LogP contribution in [0.25, 0.3) is 21.9 Å². The topological polar surface area (TPSA) is 50.9 Å². The predicted octanol–water partition coefficient (Wildman–Crippen LogP) is 5.09. The standard InChI is InChI=1S/C22H27N3/c1-15(2)17-8-9-19-20(13-17)22(24-11-5-10-23)25-14-21(19)18-7-4-6-16(3)12-18/h4,6-9,12-15H,5,10-11,23H2,1-3H3,(H,24,25). The molecular weight excluding hydrogens is 306 g/mol. The average molecular weight is 333 g/mol. The molecule has 0 spiro atoms. The number of fused-ring (bicyclic) bond motifs is 1. The summed E-state index contributed by atoms with van der Waals surface area (Å²) in [5.74, 6) is 1.44. The van der Waals surface area contributed by atoms with Gasteiger partial charge >= 0.3 is 0 Å². The van der Waals surface area contributed by atoms with E-state index in [1.807, 2.05) is 6.20 Å². The Morgan fingerprint density at radius 2 is 1.92 bits per heavy atom. The van der Waals surface area contributed by atoms with E-state index in [1.54, 1.807) is 0 Å². The number of rotatable bonds is 6. The maximum atomic E-state index is 5.62. The van der Waals surface area contributed by atoms with Crippen LogP contribution in [-0.2, 0) is 0 Å². The monoisotopic (exact) mass is 333 g/mol. The molecule has 0 unspecified atom stereocenters. The third-order valence-corrected chi connectivity index (χ3v) is 4.58. The van der Waals surface area contributed by atoms with Crippen LogP contribution >= 0.6 is 0 Å². The van der Waals surface area contributed by atoms with Crippen molar-refractivity contribution in [2.45, 2.75) is 33.1 Å². The number of nitrogens with two attached hydrogens (primary N) is 1. The molecule has 2 aromatic carbocycles. The summed E-state index contributed by atoms with van der Waals surface area (Å²) in [4.78, 5) is 4.73. The molecule has 0 saturated carbocycles. The van der Waals surface area contributed by atoms with Crippen molar-refractivity contribution in [3.8, 4) is 11.1 Å². The molecule has 1 aromatic heterocycles. The van der Waals surface area contributed by atoms with Crippen molar-refractivity contribution < 1.29 is 0 Å². The Hall–Kier alpha value is -2.39. The SMILES string of the molecule is Cc1cccc(-c2cnc(NCCCN)c3cc(C(C)C)ccc23)c1. The molecule has 25 heavy (non-hydrogen) atoms. The zero-order valence-electron chi connectivity index (χ0n) is 15.3. The van der Waals surface area contributed by atoms with Gasteiger partial charge in [-0.2, -0.15) is 0 Å². The lowest BCUT2D eigenvalue weighted by Gasteiger charge is -2.15. The van der Waals surface area contributed by atoms with Gasteiger partial charge in [0.15, 0.2) is 0 Å². The van der Waals surface area contributed by atoms with E-state index in [-0.39, 0.29) is 0 Å². The molecule has 0 aliphatic rings. The summed E-state index contributed by atoms with van der Waals surface area (Å²) in [6.45, 7) is 8.09. The number of aromatic nitrogens is 1. The van der Waals surface area contributed by atoms with E-state index in [2.05, 4.69) is 68.6 Å². The summed E-state index contributed by atoms with van der Waals surface area (Å²) in [6, 6.07) is 15.3. The Bertz CT molecular complexity index is 868. The quantitative estimate of drug-likeness (QED) is 0.617.